The number of rotatable bonds is 2. The minimum atomic E-state index is 0.0974. The van der Waals surface area contributed by atoms with Crippen molar-refractivity contribution >= 4 is 51.9 Å². The summed E-state index contributed by atoms with van der Waals surface area (Å²) >= 11 is 17.7. The highest BCUT2D eigenvalue weighted by atomic mass is 35.5. The second-order valence-electron chi connectivity index (χ2n) is 5.90. The van der Waals surface area contributed by atoms with E-state index >= 15 is 0 Å². The number of fused-ring (bicyclic) bond motifs is 1. The van der Waals surface area contributed by atoms with E-state index in [9.17, 15) is 0 Å². The van der Waals surface area contributed by atoms with E-state index < -0.39 is 0 Å². The molecule has 1 aliphatic heterocycles. The summed E-state index contributed by atoms with van der Waals surface area (Å²) in [6, 6.07) is 11.4. The Morgan fingerprint density at radius 3 is 2.88 bits per heavy atom. The van der Waals surface area contributed by atoms with E-state index in [4.69, 9.17) is 35.4 Å². The largest absolute Gasteiger partial charge is 0.339 e. The summed E-state index contributed by atoms with van der Waals surface area (Å²) in [5.41, 5.74) is 1.66. The number of nitrogens with one attached hydrogen (secondary N) is 1. The van der Waals surface area contributed by atoms with E-state index in [1.807, 2.05) is 34.9 Å². The van der Waals surface area contributed by atoms with Crippen LogP contribution in [0.2, 0.25) is 10.0 Å². The van der Waals surface area contributed by atoms with Crippen molar-refractivity contribution in [2.24, 2.45) is 0 Å². The highest BCUT2D eigenvalue weighted by Crippen LogP contribution is 2.32. The average molecular weight is 392 g/mol. The molecule has 128 valence electrons. The minimum Gasteiger partial charge on any atom is -0.339 e. The summed E-state index contributed by atoms with van der Waals surface area (Å²) in [7, 11) is 0. The number of pyridine rings is 1. The van der Waals surface area contributed by atoms with Crippen LogP contribution in [0.1, 0.15) is 24.7 Å². The molecule has 0 bridgehead atoms. The Hall–Kier alpha value is -1.89. The van der Waals surface area contributed by atoms with Crippen molar-refractivity contribution in [1.82, 2.24) is 19.5 Å². The van der Waals surface area contributed by atoms with Gasteiger partial charge in [-0.3, -0.25) is 4.40 Å². The number of halogens is 2. The monoisotopic (exact) mass is 391 g/mol. The maximum absolute atomic E-state index is 6.08. The summed E-state index contributed by atoms with van der Waals surface area (Å²) in [5, 5.41) is 13.6. The Balaban J connectivity index is 1.58. The maximum Gasteiger partial charge on any atom is 0.174 e. The van der Waals surface area contributed by atoms with Crippen molar-refractivity contribution in [2.75, 3.05) is 11.9 Å². The fourth-order valence-corrected chi connectivity index (χ4v) is 3.77. The van der Waals surface area contributed by atoms with Gasteiger partial charge in [-0.25, -0.2) is 0 Å². The zero-order chi connectivity index (χ0) is 17.4. The molecule has 5 nitrogen and oxygen atoms in total. The van der Waals surface area contributed by atoms with Crippen LogP contribution in [-0.2, 0) is 0 Å². The minimum absolute atomic E-state index is 0.0974. The van der Waals surface area contributed by atoms with E-state index in [1.165, 1.54) is 0 Å². The molecule has 1 atom stereocenters. The first-order valence-electron chi connectivity index (χ1n) is 7.96. The van der Waals surface area contributed by atoms with Crippen molar-refractivity contribution in [1.29, 1.82) is 0 Å². The molecule has 0 spiro atoms. The lowest BCUT2D eigenvalue weighted by Crippen LogP contribution is -2.35. The second kappa shape index (κ2) is 6.78. The van der Waals surface area contributed by atoms with Gasteiger partial charge in [0.2, 0.25) is 0 Å². The molecule has 3 aromatic rings. The van der Waals surface area contributed by atoms with Gasteiger partial charge >= 0.3 is 0 Å². The lowest BCUT2D eigenvalue weighted by Gasteiger charge is -2.26. The molecule has 4 rings (SSSR count). The number of nitrogens with zero attached hydrogens (tertiary/aromatic N) is 4. The van der Waals surface area contributed by atoms with Crippen molar-refractivity contribution in [2.45, 2.75) is 18.9 Å². The SMILES string of the molecule is S=C(Nc1ccc(Cl)c(Cl)c1)N1CCC[C@H]1c1nnc2ccccn12. The third-order valence-corrected chi connectivity index (χ3v) is 5.40. The summed E-state index contributed by atoms with van der Waals surface area (Å²) in [6.07, 6.45) is 4.02. The second-order valence-corrected chi connectivity index (χ2v) is 7.10. The molecule has 0 radical (unpaired) electrons. The van der Waals surface area contributed by atoms with Gasteiger partial charge in [0, 0.05) is 18.4 Å². The first-order valence-corrected chi connectivity index (χ1v) is 9.12. The number of aromatic nitrogens is 3. The van der Waals surface area contributed by atoms with Gasteiger partial charge in [-0.1, -0.05) is 29.3 Å². The smallest absolute Gasteiger partial charge is 0.174 e. The molecule has 1 saturated heterocycles. The van der Waals surface area contributed by atoms with Crippen LogP contribution in [0.5, 0.6) is 0 Å². The van der Waals surface area contributed by atoms with Crippen LogP contribution in [0.25, 0.3) is 5.65 Å². The van der Waals surface area contributed by atoms with Crippen LogP contribution in [-0.4, -0.2) is 31.2 Å². The first-order chi connectivity index (χ1) is 12.1. The lowest BCUT2D eigenvalue weighted by atomic mass is 10.2. The normalized spacial score (nSPS) is 17.2. The van der Waals surface area contributed by atoms with E-state index in [-0.39, 0.29) is 6.04 Å². The number of hydrogen-bond acceptors (Lipinski definition) is 3. The van der Waals surface area contributed by atoms with E-state index in [1.54, 1.807) is 12.1 Å². The Labute approximate surface area is 160 Å². The van der Waals surface area contributed by atoms with Gasteiger partial charge in [-0.15, -0.1) is 10.2 Å². The number of thiocarbonyl (C=S) groups is 1. The molecular formula is C17H15Cl2N5S. The molecule has 0 amide bonds. The zero-order valence-corrected chi connectivity index (χ0v) is 15.5. The molecule has 8 heteroatoms. The Kier molecular flexibility index (Phi) is 4.50. The maximum atomic E-state index is 6.08. The summed E-state index contributed by atoms with van der Waals surface area (Å²) in [4.78, 5) is 2.15. The zero-order valence-electron chi connectivity index (χ0n) is 13.2. The molecule has 1 aromatic carbocycles. The van der Waals surface area contributed by atoms with Gasteiger partial charge in [0.25, 0.3) is 0 Å². The topological polar surface area (TPSA) is 45.5 Å². The number of benzene rings is 1. The van der Waals surface area contributed by atoms with E-state index in [2.05, 4.69) is 20.4 Å². The van der Waals surface area contributed by atoms with E-state index in [0.717, 1.165) is 36.5 Å². The number of hydrogen-bond donors (Lipinski definition) is 1. The van der Waals surface area contributed by atoms with Gasteiger partial charge in [0.05, 0.1) is 16.1 Å². The van der Waals surface area contributed by atoms with Crippen molar-refractivity contribution in [3.63, 3.8) is 0 Å². The number of likely N-dealkylation sites (tertiary alicyclic amines) is 1. The van der Waals surface area contributed by atoms with Crippen LogP contribution in [0.15, 0.2) is 42.6 Å². The molecule has 0 saturated carbocycles. The summed E-state index contributed by atoms with van der Waals surface area (Å²) in [6.45, 7) is 0.875. The van der Waals surface area contributed by atoms with Gasteiger partial charge in [-0.2, -0.15) is 0 Å². The van der Waals surface area contributed by atoms with Gasteiger partial charge in [0.1, 0.15) is 0 Å². The Morgan fingerprint density at radius 2 is 2.04 bits per heavy atom. The highest BCUT2D eigenvalue weighted by molar-refractivity contribution is 7.80. The standard InChI is InChI=1S/C17H15Cl2N5S/c18-12-7-6-11(10-13(12)19)20-17(25)23-9-3-4-14(23)16-22-21-15-5-1-2-8-24(15)16/h1-2,5-8,10,14H,3-4,9H2,(H,20,25)/t14-/m0/s1. The van der Waals surface area contributed by atoms with Crippen molar-refractivity contribution in [3.05, 3.63) is 58.5 Å². The average Bonchev–Trinajstić information content (AvgIpc) is 3.24. The highest BCUT2D eigenvalue weighted by Gasteiger charge is 2.31. The van der Waals surface area contributed by atoms with Crippen molar-refractivity contribution in [3.8, 4) is 0 Å². The molecule has 1 fully saturated rings. The van der Waals surface area contributed by atoms with Crippen molar-refractivity contribution < 1.29 is 0 Å². The van der Waals surface area contributed by atoms with Crippen LogP contribution in [0.4, 0.5) is 5.69 Å². The van der Waals surface area contributed by atoms with Crippen LogP contribution in [0, 0.1) is 0 Å². The van der Waals surface area contributed by atoms with Crippen LogP contribution >= 0.6 is 35.4 Å². The molecular weight excluding hydrogens is 377 g/mol. The predicted octanol–water partition coefficient (Wildman–Crippen LogP) is 4.57. The molecule has 1 aliphatic rings. The fraction of sp³-hybridized carbons (Fsp3) is 0.235. The van der Waals surface area contributed by atoms with Gasteiger partial charge < -0.3 is 10.2 Å². The third kappa shape index (κ3) is 3.17. The Bertz CT molecular complexity index is 942. The first kappa shape index (κ1) is 16.6. The third-order valence-electron chi connectivity index (χ3n) is 4.32. The van der Waals surface area contributed by atoms with Gasteiger partial charge in [-0.05, 0) is 55.4 Å². The van der Waals surface area contributed by atoms with Crippen LogP contribution in [0.3, 0.4) is 0 Å². The quantitative estimate of drug-likeness (QED) is 0.648. The molecule has 0 aliphatic carbocycles. The van der Waals surface area contributed by atoms with Gasteiger partial charge in [0.15, 0.2) is 16.6 Å². The summed E-state index contributed by atoms with van der Waals surface area (Å²) < 4.78 is 2.02. The van der Waals surface area contributed by atoms with E-state index in [0.29, 0.717) is 15.2 Å². The number of anilines is 1. The lowest BCUT2D eigenvalue weighted by molar-refractivity contribution is 0.387. The fourth-order valence-electron chi connectivity index (χ4n) is 3.13. The Morgan fingerprint density at radius 1 is 1.16 bits per heavy atom. The molecule has 25 heavy (non-hydrogen) atoms. The molecule has 0 unspecified atom stereocenters. The molecule has 3 heterocycles. The summed E-state index contributed by atoms with van der Waals surface area (Å²) in [5.74, 6) is 0.909. The predicted molar refractivity (Wildman–Crippen MR) is 104 cm³/mol. The molecule has 2 aromatic heterocycles. The molecule has 1 N–H and O–H groups in total. The van der Waals surface area contributed by atoms with Crippen LogP contribution < -0.4 is 5.32 Å².